The van der Waals surface area contributed by atoms with Gasteiger partial charge in [0.1, 0.15) is 12.4 Å². The summed E-state index contributed by atoms with van der Waals surface area (Å²) in [5.41, 5.74) is 2.79. The lowest BCUT2D eigenvalue weighted by molar-refractivity contribution is 0.0696. The molecule has 0 radical (unpaired) electrons. The van der Waals surface area contributed by atoms with Crippen molar-refractivity contribution >= 4 is 5.97 Å². The van der Waals surface area contributed by atoms with Gasteiger partial charge in [-0.3, -0.25) is 0 Å². The first kappa shape index (κ1) is 19.0. The molecule has 3 nitrogen and oxygen atoms in total. The van der Waals surface area contributed by atoms with E-state index < -0.39 is 5.97 Å². The summed E-state index contributed by atoms with van der Waals surface area (Å²) in [7, 11) is 0. The summed E-state index contributed by atoms with van der Waals surface area (Å²) in [6.45, 7) is 11.7. The van der Waals surface area contributed by atoms with Crippen molar-refractivity contribution in [2.45, 2.75) is 53.1 Å². The third kappa shape index (κ3) is 5.63. The normalized spacial score (nSPS) is 12.0. The molecular formula is C22H28O3. The SMILES string of the molecule is CC(C)(C)CC(C)(C)c1ccc(OCc2cccc(C(=O)O)c2)cc1. The number of aromatic carboxylic acids is 1. The fraction of sp³-hybridized carbons (Fsp3) is 0.409. The maximum Gasteiger partial charge on any atom is 0.335 e. The lowest BCUT2D eigenvalue weighted by Gasteiger charge is -2.33. The Labute approximate surface area is 150 Å². The summed E-state index contributed by atoms with van der Waals surface area (Å²) < 4.78 is 5.80. The van der Waals surface area contributed by atoms with Gasteiger partial charge in [0.15, 0.2) is 0 Å². The van der Waals surface area contributed by atoms with Gasteiger partial charge in [-0.1, -0.05) is 58.9 Å². The molecule has 2 rings (SSSR count). The van der Waals surface area contributed by atoms with E-state index in [0.717, 1.165) is 17.7 Å². The van der Waals surface area contributed by atoms with Crippen LogP contribution in [0, 0.1) is 5.41 Å². The minimum Gasteiger partial charge on any atom is -0.489 e. The number of benzene rings is 2. The number of carboxylic acids is 1. The highest BCUT2D eigenvalue weighted by atomic mass is 16.5. The third-order valence-electron chi connectivity index (χ3n) is 4.19. The van der Waals surface area contributed by atoms with Crippen molar-refractivity contribution in [2.24, 2.45) is 5.41 Å². The molecular weight excluding hydrogens is 312 g/mol. The number of hydrogen-bond acceptors (Lipinski definition) is 2. The van der Waals surface area contributed by atoms with E-state index >= 15 is 0 Å². The fourth-order valence-corrected chi connectivity index (χ4v) is 3.39. The maximum atomic E-state index is 11.0. The van der Waals surface area contributed by atoms with Gasteiger partial charge in [-0.15, -0.1) is 0 Å². The Hall–Kier alpha value is -2.29. The molecule has 0 atom stereocenters. The third-order valence-corrected chi connectivity index (χ3v) is 4.19. The largest absolute Gasteiger partial charge is 0.489 e. The minimum absolute atomic E-state index is 0.104. The average Bonchev–Trinajstić information content (AvgIpc) is 2.51. The molecule has 0 aromatic heterocycles. The molecule has 0 unspecified atom stereocenters. The molecule has 0 spiro atoms. The summed E-state index contributed by atoms with van der Waals surface area (Å²) in [6, 6.07) is 15.0. The van der Waals surface area contributed by atoms with Gasteiger partial charge in [0, 0.05) is 0 Å². The first-order valence-electron chi connectivity index (χ1n) is 8.62. The Balaban J connectivity index is 2.03. The number of hydrogen-bond donors (Lipinski definition) is 1. The Morgan fingerprint density at radius 1 is 1.00 bits per heavy atom. The number of ether oxygens (including phenoxy) is 1. The van der Waals surface area contributed by atoms with Gasteiger partial charge in [-0.25, -0.2) is 4.79 Å². The molecule has 0 aliphatic rings. The Bertz CT molecular complexity index is 722. The van der Waals surface area contributed by atoms with Crippen LogP contribution in [-0.4, -0.2) is 11.1 Å². The van der Waals surface area contributed by atoms with Crippen LogP contribution in [0.3, 0.4) is 0 Å². The fourth-order valence-electron chi connectivity index (χ4n) is 3.39. The zero-order valence-electron chi connectivity index (χ0n) is 15.8. The number of rotatable bonds is 6. The first-order chi connectivity index (χ1) is 11.6. The highest BCUT2D eigenvalue weighted by Gasteiger charge is 2.27. The van der Waals surface area contributed by atoms with Gasteiger partial charge in [-0.05, 0) is 52.6 Å². The van der Waals surface area contributed by atoms with E-state index in [1.54, 1.807) is 18.2 Å². The number of carbonyl (C=O) groups is 1. The van der Waals surface area contributed by atoms with E-state index in [1.807, 2.05) is 18.2 Å². The van der Waals surface area contributed by atoms with Crippen LogP contribution in [-0.2, 0) is 12.0 Å². The van der Waals surface area contributed by atoms with Crippen LogP contribution in [0.2, 0.25) is 0 Å². The summed E-state index contributed by atoms with van der Waals surface area (Å²) in [6.07, 6.45) is 1.10. The Morgan fingerprint density at radius 2 is 1.64 bits per heavy atom. The molecule has 0 amide bonds. The summed E-state index contributed by atoms with van der Waals surface area (Å²) >= 11 is 0. The van der Waals surface area contributed by atoms with Crippen molar-refractivity contribution in [1.82, 2.24) is 0 Å². The first-order valence-corrected chi connectivity index (χ1v) is 8.62. The lowest BCUT2D eigenvalue weighted by atomic mass is 9.72. The Morgan fingerprint density at radius 3 is 2.20 bits per heavy atom. The van der Waals surface area contributed by atoms with Crippen molar-refractivity contribution < 1.29 is 14.6 Å². The molecule has 0 heterocycles. The van der Waals surface area contributed by atoms with Gasteiger partial charge in [-0.2, -0.15) is 0 Å². The lowest BCUT2D eigenvalue weighted by Crippen LogP contribution is -2.24. The van der Waals surface area contributed by atoms with Crippen molar-refractivity contribution in [3.8, 4) is 5.75 Å². The molecule has 2 aromatic rings. The van der Waals surface area contributed by atoms with Gasteiger partial charge >= 0.3 is 5.97 Å². The van der Waals surface area contributed by atoms with Crippen LogP contribution < -0.4 is 4.74 Å². The van der Waals surface area contributed by atoms with Crippen LogP contribution in [0.5, 0.6) is 5.75 Å². The summed E-state index contributed by atoms with van der Waals surface area (Å²) in [4.78, 5) is 11.0. The van der Waals surface area contributed by atoms with Gasteiger partial charge in [0.2, 0.25) is 0 Å². The van der Waals surface area contributed by atoms with E-state index in [0.29, 0.717) is 6.61 Å². The second-order valence-corrected chi connectivity index (χ2v) is 8.44. The maximum absolute atomic E-state index is 11.0. The summed E-state index contributed by atoms with van der Waals surface area (Å²) in [5.74, 6) is -0.136. The van der Waals surface area contributed by atoms with Crippen molar-refractivity contribution in [1.29, 1.82) is 0 Å². The summed E-state index contributed by atoms with van der Waals surface area (Å²) in [5, 5.41) is 9.04. The van der Waals surface area contributed by atoms with Crippen LogP contribution >= 0.6 is 0 Å². The van der Waals surface area contributed by atoms with Crippen LogP contribution in [0.4, 0.5) is 0 Å². The van der Waals surface area contributed by atoms with E-state index in [-0.39, 0.29) is 16.4 Å². The van der Waals surface area contributed by atoms with Crippen molar-refractivity contribution in [3.05, 3.63) is 65.2 Å². The molecule has 0 fully saturated rings. The smallest absolute Gasteiger partial charge is 0.335 e. The molecule has 0 saturated heterocycles. The zero-order valence-corrected chi connectivity index (χ0v) is 15.8. The van der Waals surface area contributed by atoms with E-state index in [9.17, 15) is 4.79 Å². The van der Waals surface area contributed by atoms with Crippen molar-refractivity contribution in [3.63, 3.8) is 0 Å². The quantitative estimate of drug-likeness (QED) is 0.736. The molecule has 2 aromatic carbocycles. The number of carboxylic acid groups (broad SMARTS) is 1. The average molecular weight is 340 g/mol. The highest BCUT2D eigenvalue weighted by molar-refractivity contribution is 5.87. The van der Waals surface area contributed by atoms with Crippen molar-refractivity contribution in [2.75, 3.05) is 0 Å². The second kappa shape index (κ2) is 7.30. The van der Waals surface area contributed by atoms with Crippen LogP contribution in [0.25, 0.3) is 0 Å². The van der Waals surface area contributed by atoms with Gasteiger partial charge in [0.25, 0.3) is 0 Å². The van der Waals surface area contributed by atoms with E-state index in [4.69, 9.17) is 9.84 Å². The minimum atomic E-state index is -0.924. The predicted molar refractivity (Wildman–Crippen MR) is 101 cm³/mol. The van der Waals surface area contributed by atoms with Crippen LogP contribution in [0.15, 0.2) is 48.5 Å². The molecule has 25 heavy (non-hydrogen) atoms. The standard InChI is InChI=1S/C22H28O3/c1-21(2,3)15-22(4,5)18-9-11-19(12-10-18)25-14-16-7-6-8-17(13-16)20(23)24/h6-13H,14-15H2,1-5H3,(H,23,24). The molecule has 134 valence electrons. The molecule has 0 saturated carbocycles. The van der Waals surface area contributed by atoms with Gasteiger partial charge in [0.05, 0.1) is 5.56 Å². The monoisotopic (exact) mass is 340 g/mol. The highest BCUT2D eigenvalue weighted by Crippen LogP contribution is 2.36. The van der Waals surface area contributed by atoms with E-state index in [1.165, 1.54) is 5.56 Å². The molecule has 3 heteroatoms. The Kier molecular flexibility index (Phi) is 5.56. The molecule has 0 aliphatic heterocycles. The predicted octanol–water partition coefficient (Wildman–Crippen LogP) is 5.68. The van der Waals surface area contributed by atoms with Gasteiger partial charge < -0.3 is 9.84 Å². The molecule has 0 aliphatic carbocycles. The molecule has 0 bridgehead atoms. The van der Waals surface area contributed by atoms with Crippen LogP contribution in [0.1, 0.15) is 62.5 Å². The zero-order chi connectivity index (χ0) is 18.7. The molecule has 1 N–H and O–H groups in total. The second-order valence-electron chi connectivity index (χ2n) is 8.44. The topological polar surface area (TPSA) is 46.5 Å². The van der Waals surface area contributed by atoms with E-state index in [2.05, 4.69) is 46.8 Å².